The van der Waals surface area contributed by atoms with Crippen LogP contribution in [0.15, 0.2) is 24.3 Å². The smallest absolute Gasteiger partial charge is 0.251 e. The van der Waals surface area contributed by atoms with Gasteiger partial charge in [0.2, 0.25) is 0 Å². The minimum absolute atomic E-state index is 0. The van der Waals surface area contributed by atoms with Crippen molar-refractivity contribution in [2.24, 2.45) is 5.73 Å². The summed E-state index contributed by atoms with van der Waals surface area (Å²) in [6, 6.07) is 7.66. The predicted molar refractivity (Wildman–Crippen MR) is 69.1 cm³/mol. The minimum atomic E-state index is -0.0367. The fourth-order valence-corrected chi connectivity index (χ4v) is 1.41. The molecule has 90 valence electrons. The molecule has 3 nitrogen and oxygen atoms in total. The average molecular weight is 243 g/mol. The second-order valence-corrected chi connectivity index (χ2v) is 3.62. The van der Waals surface area contributed by atoms with Crippen LogP contribution in [0.2, 0.25) is 0 Å². The van der Waals surface area contributed by atoms with Crippen molar-refractivity contribution in [1.82, 2.24) is 5.32 Å². The van der Waals surface area contributed by atoms with Crippen LogP contribution in [0.5, 0.6) is 0 Å². The van der Waals surface area contributed by atoms with Gasteiger partial charge in [-0.25, -0.2) is 0 Å². The molecule has 0 saturated heterocycles. The quantitative estimate of drug-likeness (QED) is 0.845. The number of rotatable bonds is 4. The van der Waals surface area contributed by atoms with Crippen molar-refractivity contribution in [3.8, 4) is 0 Å². The van der Waals surface area contributed by atoms with E-state index in [4.69, 9.17) is 5.73 Å². The van der Waals surface area contributed by atoms with Crippen LogP contribution in [0.25, 0.3) is 0 Å². The molecule has 0 bridgehead atoms. The summed E-state index contributed by atoms with van der Waals surface area (Å²) in [4.78, 5) is 11.8. The molecule has 0 unspecified atom stereocenters. The molecular weight excluding hydrogens is 224 g/mol. The second kappa shape index (κ2) is 7.25. The Morgan fingerprint density at radius 3 is 2.62 bits per heavy atom. The van der Waals surface area contributed by atoms with Gasteiger partial charge in [-0.15, -0.1) is 12.4 Å². The molecular formula is C12H19ClN2O. The molecule has 1 aromatic carbocycles. The number of benzene rings is 1. The van der Waals surface area contributed by atoms with Crippen molar-refractivity contribution in [3.63, 3.8) is 0 Å². The largest absolute Gasteiger partial charge is 0.348 e. The Morgan fingerprint density at radius 2 is 2.06 bits per heavy atom. The van der Waals surface area contributed by atoms with E-state index in [1.54, 1.807) is 0 Å². The summed E-state index contributed by atoms with van der Waals surface area (Å²) >= 11 is 0. The first-order valence-corrected chi connectivity index (χ1v) is 5.27. The summed E-state index contributed by atoms with van der Waals surface area (Å²) in [6.45, 7) is 4.39. The van der Waals surface area contributed by atoms with Gasteiger partial charge in [0.05, 0.1) is 0 Å². The lowest BCUT2D eigenvalue weighted by Gasteiger charge is -2.13. The van der Waals surface area contributed by atoms with Crippen molar-refractivity contribution >= 4 is 18.3 Å². The summed E-state index contributed by atoms with van der Waals surface area (Å²) in [6.07, 6.45) is 0.862. The maximum Gasteiger partial charge on any atom is 0.251 e. The Kier molecular flexibility index (Phi) is 6.77. The molecule has 0 saturated carbocycles. The summed E-state index contributed by atoms with van der Waals surface area (Å²) in [7, 11) is 0. The fraction of sp³-hybridized carbons (Fsp3) is 0.417. The molecule has 0 aliphatic rings. The van der Waals surface area contributed by atoms with E-state index < -0.39 is 0 Å². The molecule has 0 aromatic heterocycles. The van der Waals surface area contributed by atoms with E-state index in [-0.39, 0.29) is 24.4 Å². The average Bonchev–Trinajstić information content (AvgIpc) is 2.28. The Labute approximate surface area is 103 Å². The van der Waals surface area contributed by atoms with Gasteiger partial charge in [0.25, 0.3) is 5.91 Å². The summed E-state index contributed by atoms with van der Waals surface area (Å²) in [5, 5.41) is 2.86. The van der Waals surface area contributed by atoms with E-state index >= 15 is 0 Å². The Bertz CT molecular complexity index is 342. The number of nitrogens with one attached hydrogen (secondary N) is 1. The lowest BCUT2D eigenvalue weighted by Crippen LogP contribution is -2.38. The molecule has 1 rings (SSSR count). The van der Waals surface area contributed by atoms with Crippen molar-refractivity contribution in [2.45, 2.75) is 26.3 Å². The lowest BCUT2D eigenvalue weighted by atomic mass is 10.0. The molecule has 16 heavy (non-hydrogen) atoms. The number of carbonyl (C=O) groups excluding carboxylic acids is 1. The molecule has 1 aromatic rings. The van der Waals surface area contributed by atoms with Crippen LogP contribution in [-0.4, -0.2) is 18.5 Å². The van der Waals surface area contributed by atoms with E-state index in [1.165, 1.54) is 0 Å². The molecule has 0 aliphatic carbocycles. The van der Waals surface area contributed by atoms with Crippen LogP contribution in [0.4, 0.5) is 0 Å². The molecule has 1 amide bonds. The van der Waals surface area contributed by atoms with Gasteiger partial charge >= 0.3 is 0 Å². The van der Waals surface area contributed by atoms with Gasteiger partial charge in [-0.3, -0.25) is 4.79 Å². The minimum Gasteiger partial charge on any atom is -0.348 e. The van der Waals surface area contributed by atoms with Crippen LogP contribution in [-0.2, 0) is 6.42 Å². The predicted octanol–water partition coefficient (Wildman–Crippen LogP) is 1.75. The van der Waals surface area contributed by atoms with Crippen LogP contribution >= 0.6 is 12.4 Å². The van der Waals surface area contributed by atoms with E-state index in [0.717, 1.165) is 17.5 Å². The highest BCUT2D eigenvalue weighted by atomic mass is 35.5. The molecule has 0 heterocycles. The van der Waals surface area contributed by atoms with Gasteiger partial charge in [0.15, 0.2) is 0 Å². The van der Waals surface area contributed by atoms with Crippen molar-refractivity contribution in [1.29, 1.82) is 0 Å². The highest BCUT2D eigenvalue weighted by Crippen LogP contribution is 2.09. The maximum atomic E-state index is 11.8. The SMILES string of the molecule is CCc1ccccc1C(=O)N[C@H](C)CN.Cl. The summed E-state index contributed by atoms with van der Waals surface area (Å²) < 4.78 is 0. The van der Waals surface area contributed by atoms with Gasteiger partial charge in [-0.05, 0) is 25.0 Å². The van der Waals surface area contributed by atoms with Crippen LogP contribution in [0.3, 0.4) is 0 Å². The van der Waals surface area contributed by atoms with Gasteiger partial charge < -0.3 is 11.1 Å². The third-order valence-corrected chi connectivity index (χ3v) is 2.37. The topological polar surface area (TPSA) is 55.1 Å². The summed E-state index contributed by atoms with van der Waals surface area (Å²) in [5.74, 6) is -0.0367. The van der Waals surface area contributed by atoms with Crippen molar-refractivity contribution < 1.29 is 4.79 Å². The third kappa shape index (κ3) is 3.83. The molecule has 0 fully saturated rings. The summed E-state index contributed by atoms with van der Waals surface area (Å²) in [5.41, 5.74) is 7.27. The molecule has 4 heteroatoms. The number of hydrogen-bond acceptors (Lipinski definition) is 2. The van der Waals surface area contributed by atoms with Gasteiger partial charge in [0.1, 0.15) is 0 Å². The highest BCUT2D eigenvalue weighted by molar-refractivity contribution is 5.95. The molecule has 0 radical (unpaired) electrons. The zero-order valence-corrected chi connectivity index (χ0v) is 10.5. The number of aryl methyl sites for hydroxylation is 1. The second-order valence-electron chi connectivity index (χ2n) is 3.62. The van der Waals surface area contributed by atoms with E-state index in [2.05, 4.69) is 5.32 Å². The maximum absolute atomic E-state index is 11.8. The first-order valence-electron chi connectivity index (χ1n) is 5.27. The Hall–Kier alpha value is -1.06. The molecule has 1 atom stereocenters. The third-order valence-electron chi connectivity index (χ3n) is 2.37. The number of carbonyl (C=O) groups is 1. The van der Waals surface area contributed by atoms with Gasteiger partial charge in [0, 0.05) is 18.2 Å². The highest BCUT2D eigenvalue weighted by Gasteiger charge is 2.11. The lowest BCUT2D eigenvalue weighted by molar-refractivity contribution is 0.0940. The first-order chi connectivity index (χ1) is 7.19. The van der Waals surface area contributed by atoms with Crippen molar-refractivity contribution in [2.75, 3.05) is 6.54 Å². The van der Waals surface area contributed by atoms with E-state index in [0.29, 0.717) is 6.54 Å². The van der Waals surface area contributed by atoms with Crippen LogP contribution in [0.1, 0.15) is 29.8 Å². The first kappa shape index (κ1) is 14.9. The van der Waals surface area contributed by atoms with Crippen LogP contribution < -0.4 is 11.1 Å². The molecule has 0 aliphatic heterocycles. The number of amides is 1. The zero-order chi connectivity index (χ0) is 11.3. The zero-order valence-electron chi connectivity index (χ0n) is 9.69. The molecule has 0 spiro atoms. The van der Waals surface area contributed by atoms with E-state index in [1.807, 2.05) is 38.1 Å². The number of nitrogens with two attached hydrogens (primary N) is 1. The number of halogens is 1. The standard InChI is InChI=1S/C12H18N2O.ClH/c1-3-10-6-4-5-7-11(10)12(15)14-9(2)8-13;/h4-7,9H,3,8,13H2,1-2H3,(H,14,15);1H/t9-;/m1./s1. The monoisotopic (exact) mass is 242 g/mol. The van der Waals surface area contributed by atoms with Gasteiger partial charge in [-0.1, -0.05) is 25.1 Å². The van der Waals surface area contributed by atoms with E-state index in [9.17, 15) is 4.79 Å². The number of hydrogen-bond donors (Lipinski definition) is 2. The molecule has 3 N–H and O–H groups in total. The fourth-order valence-electron chi connectivity index (χ4n) is 1.41. The van der Waals surface area contributed by atoms with Gasteiger partial charge in [-0.2, -0.15) is 0 Å². The van der Waals surface area contributed by atoms with Crippen LogP contribution in [0, 0.1) is 0 Å². The Balaban J connectivity index is 0.00000225. The van der Waals surface area contributed by atoms with Crippen molar-refractivity contribution in [3.05, 3.63) is 35.4 Å². The normalized spacial score (nSPS) is 11.4. The Morgan fingerprint density at radius 1 is 1.44 bits per heavy atom.